The first-order chi connectivity index (χ1) is 10.6. The highest BCUT2D eigenvalue weighted by molar-refractivity contribution is 7.80. The predicted molar refractivity (Wildman–Crippen MR) is 92.0 cm³/mol. The van der Waals surface area contributed by atoms with Gasteiger partial charge < -0.3 is 15.4 Å². The van der Waals surface area contributed by atoms with E-state index >= 15 is 0 Å². The van der Waals surface area contributed by atoms with Crippen molar-refractivity contribution in [1.29, 1.82) is 0 Å². The molecule has 1 atom stereocenters. The van der Waals surface area contributed by atoms with Crippen LogP contribution in [0, 0.1) is 0 Å². The van der Waals surface area contributed by atoms with Crippen molar-refractivity contribution in [2.75, 3.05) is 6.61 Å². The van der Waals surface area contributed by atoms with Crippen molar-refractivity contribution in [3.63, 3.8) is 0 Å². The molecule has 22 heavy (non-hydrogen) atoms. The zero-order chi connectivity index (χ0) is 15.9. The van der Waals surface area contributed by atoms with E-state index in [4.69, 9.17) is 17.0 Å². The van der Waals surface area contributed by atoms with Gasteiger partial charge in [0, 0.05) is 5.70 Å². The molecule has 2 N–H and O–H groups in total. The molecule has 4 nitrogen and oxygen atoms in total. The molecule has 114 valence electrons. The number of allylic oxidation sites excluding steroid dienone is 1. The molecule has 0 saturated carbocycles. The van der Waals surface area contributed by atoms with E-state index in [-0.39, 0.29) is 18.6 Å². The summed E-state index contributed by atoms with van der Waals surface area (Å²) in [4.78, 5) is 12.2. The van der Waals surface area contributed by atoms with Crippen LogP contribution in [-0.4, -0.2) is 23.7 Å². The minimum absolute atomic E-state index is 0.176. The number of hydrogen-bond donors (Lipinski definition) is 2. The Balaban J connectivity index is 2.24. The van der Waals surface area contributed by atoms with E-state index in [2.05, 4.69) is 17.2 Å². The third kappa shape index (κ3) is 4.05. The molecular weight excluding hydrogens is 296 g/mol. The van der Waals surface area contributed by atoms with Crippen LogP contribution in [0.1, 0.15) is 12.5 Å². The second kappa shape index (κ2) is 7.56. The number of rotatable bonds is 5. The molecule has 5 heteroatoms. The van der Waals surface area contributed by atoms with Gasteiger partial charge in [0.15, 0.2) is 5.11 Å². The molecule has 0 radical (unpaired) electrons. The molecule has 0 amide bonds. The minimum atomic E-state index is -0.386. The Bertz CT molecular complexity index is 635. The maximum absolute atomic E-state index is 12.2. The second-order valence-electron chi connectivity index (χ2n) is 4.77. The van der Waals surface area contributed by atoms with Gasteiger partial charge in [-0.1, -0.05) is 55.1 Å². The minimum Gasteiger partial charge on any atom is -0.458 e. The summed E-state index contributed by atoms with van der Waals surface area (Å²) in [5.41, 5.74) is 2.26. The van der Waals surface area contributed by atoms with Crippen molar-refractivity contribution in [1.82, 2.24) is 10.6 Å². The van der Waals surface area contributed by atoms with E-state index < -0.39 is 0 Å². The molecule has 1 aliphatic heterocycles. The van der Waals surface area contributed by atoms with Crippen LogP contribution in [0.3, 0.4) is 0 Å². The van der Waals surface area contributed by atoms with E-state index in [0.29, 0.717) is 16.4 Å². The molecule has 1 aromatic carbocycles. The second-order valence-corrected chi connectivity index (χ2v) is 5.18. The number of esters is 1. The smallest absolute Gasteiger partial charge is 0.338 e. The third-order valence-corrected chi connectivity index (χ3v) is 3.36. The summed E-state index contributed by atoms with van der Waals surface area (Å²) in [5, 5.41) is 6.51. The van der Waals surface area contributed by atoms with Gasteiger partial charge in [-0.3, -0.25) is 0 Å². The standard InChI is InChI=1S/C17H18N2O2S/c1-3-11-21-16(20)15-12(2)18-17(22)19-14(15)10-9-13-7-5-4-6-8-13/h3-10,14H,1,11H2,2H3,(H2,18,19,22)/b10-9+/t14-/m0/s1. The van der Waals surface area contributed by atoms with E-state index in [1.807, 2.05) is 42.5 Å². The lowest BCUT2D eigenvalue weighted by Gasteiger charge is -2.27. The Morgan fingerprint density at radius 1 is 1.41 bits per heavy atom. The highest BCUT2D eigenvalue weighted by Gasteiger charge is 2.27. The van der Waals surface area contributed by atoms with Crippen LogP contribution in [0.15, 0.2) is 60.3 Å². The summed E-state index contributed by atoms with van der Waals surface area (Å²) < 4.78 is 5.15. The fraction of sp³-hybridized carbons (Fsp3) is 0.176. The number of hydrogen-bond acceptors (Lipinski definition) is 3. The van der Waals surface area contributed by atoms with Crippen LogP contribution in [0.2, 0.25) is 0 Å². The summed E-state index contributed by atoms with van der Waals surface area (Å²) >= 11 is 5.16. The number of benzene rings is 1. The lowest BCUT2D eigenvalue weighted by molar-refractivity contribution is -0.138. The van der Waals surface area contributed by atoms with Gasteiger partial charge in [0.05, 0.1) is 11.6 Å². The molecule has 0 unspecified atom stereocenters. The summed E-state index contributed by atoms with van der Waals surface area (Å²) in [7, 11) is 0. The zero-order valence-corrected chi connectivity index (χ0v) is 13.2. The molecule has 0 fully saturated rings. The average Bonchev–Trinajstić information content (AvgIpc) is 2.51. The molecule has 0 saturated heterocycles. The van der Waals surface area contributed by atoms with Crippen LogP contribution in [0.4, 0.5) is 0 Å². The number of carbonyl (C=O) groups excluding carboxylic acids is 1. The van der Waals surface area contributed by atoms with Crippen molar-refractivity contribution >= 4 is 29.4 Å². The van der Waals surface area contributed by atoms with Crippen LogP contribution in [0.25, 0.3) is 6.08 Å². The number of carbonyl (C=O) groups is 1. The Hall–Kier alpha value is -2.40. The normalized spacial score (nSPS) is 17.9. The first kappa shape index (κ1) is 16.0. The molecule has 0 aromatic heterocycles. The maximum atomic E-state index is 12.2. The van der Waals surface area contributed by atoms with Crippen LogP contribution in [0.5, 0.6) is 0 Å². The number of thiocarbonyl (C=S) groups is 1. The van der Waals surface area contributed by atoms with Crippen molar-refractivity contribution in [3.8, 4) is 0 Å². The topological polar surface area (TPSA) is 50.4 Å². The third-order valence-electron chi connectivity index (χ3n) is 3.14. The van der Waals surface area contributed by atoms with Crippen LogP contribution in [-0.2, 0) is 9.53 Å². The fourth-order valence-corrected chi connectivity index (χ4v) is 2.41. The molecule has 1 aliphatic rings. The summed E-state index contributed by atoms with van der Waals surface area (Å²) in [6.07, 6.45) is 5.38. The number of nitrogens with one attached hydrogen (secondary N) is 2. The van der Waals surface area contributed by atoms with Gasteiger partial charge >= 0.3 is 5.97 Å². The lowest BCUT2D eigenvalue weighted by atomic mass is 10.0. The van der Waals surface area contributed by atoms with Gasteiger partial charge in [0.2, 0.25) is 0 Å². The summed E-state index contributed by atoms with van der Waals surface area (Å²) in [5.74, 6) is -0.386. The Morgan fingerprint density at radius 2 is 2.14 bits per heavy atom. The largest absolute Gasteiger partial charge is 0.458 e. The Labute approximate surface area is 135 Å². The molecule has 0 aliphatic carbocycles. The lowest BCUT2D eigenvalue weighted by Crippen LogP contribution is -2.48. The van der Waals surface area contributed by atoms with Gasteiger partial charge in [0.25, 0.3) is 0 Å². The molecule has 0 bridgehead atoms. The fourth-order valence-electron chi connectivity index (χ4n) is 2.13. The summed E-state index contributed by atoms with van der Waals surface area (Å²) in [6.45, 7) is 5.53. The number of ether oxygens (including phenoxy) is 1. The first-order valence-electron chi connectivity index (χ1n) is 6.91. The molecule has 1 aromatic rings. The van der Waals surface area contributed by atoms with Crippen LogP contribution < -0.4 is 10.6 Å². The predicted octanol–water partition coefficient (Wildman–Crippen LogP) is 2.55. The molecular formula is C17H18N2O2S. The molecule has 1 heterocycles. The van der Waals surface area contributed by atoms with Gasteiger partial charge in [-0.25, -0.2) is 4.79 Å². The van der Waals surface area contributed by atoms with E-state index in [0.717, 1.165) is 5.56 Å². The first-order valence-corrected chi connectivity index (χ1v) is 7.32. The molecule has 2 rings (SSSR count). The maximum Gasteiger partial charge on any atom is 0.338 e. The van der Waals surface area contributed by atoms with Gasteiger partial charge in [-0.15, -0.1) is 0 Å². The van der Waals surface area contributed by atoms with E-state index in [1.54, 1.807) is 6.92 Å². The van der Waals surface area contributed by atoms with E-state index in [9.17, 15) is 4.79 Å². The zero-order valence-electron chi connectivity index (χ0n) is 12.3. The van der Waals surface area contributed by atoms with Crippen molar-refractivity contribution in [2.45, 2.75) is 13.0 Å². The van der Waals surface area contributed by atoms with Gasteiger partial charge in [0.1, 0.15) is 6.61 Å². The van der Waals surface area contributed by atoms with Gasteiger partial charge in [-0.05, 0) is 24.7 Å². The van der Waals surface area contributed by atoms with E-state index in [1.165, 1.54) is 6.08 Å². The Kier molecular flexibility index (Phi) is 5.49. The molecule has 0 spiro atoms. The van der Waals surface area contributed by atoms with Crippen LogP contribution >= 0.6 is 12.2 Å². The SMILES string of the molecule is C=CCOC(=O)C1=C(C)NC(=S)N[C@H]1/C=C/c1ccccc1. The summed E-state index contributed by atoms with van der Waals surface area (Å²) in [6, 6.07) is 9.52. The van der Waals surface area contributed by atoms with Crippen molar-refractivity contribution < 1.29 is 9.53 Å². The van der Waals surface area contributed by atoms with Crippen molar-refractivity contribution in [2.24, 2.45) is 0 Å². The van der Waals surface area contributed by atoms with Crippen molar-refractivity contribution in [3.05, 3.63) is 65.9 Å². The quantitative estimate of drug-likeness (QED) is 0.497. The average molecular weight is 314 g/mol. The Morgan fingerprint density at radius 3 is 2.82 bits per heavy atom. The van der Waals surface area contributed by atoms with Gasteiger partial charge in [-0.2, -0.15) is 0 Å². The monoisotopic (exact) mass is 314 g/mol. The highest BCUT2D eigenvalue weighted by Crippen LogP contribution is 2.16. The highest BCUT2D eigenvalue weighted by atomic mass is 32.1.